The zero-order chi connectivity index (χ0) is 13.7. The number of rotatable bonds is 5. The highest BCUT2D eigenvalue weighted by Gasteiger charge is 2.33. The van der Waals surface area contributed by atoms with Gasteiger partial charge in [-0.25, -0.2) is 10.8 Å². The molecule has 0 aliphatic heterocycles. The standard InChI is InChI=1S/C13H20N4OS/c1-19-13(6-2-3-7-13)9-16-12(18)10-4-5-11(17-14)15-8-10/h4-5,8H,2-3,6-7,9,14H2,1H3,(H,15,17)(H,16,18). The number of carbonyl (C=O) groups excluding carboxylic acids is 1. The lowest BCUT2D eigenvalue weighted by molar-refractivity contribution is 0.0949. The fourth-order valence-corrected chi connectivity index (χ4v) is 3.34. The molecule has 1 aliphatic carbocycles. The minimum atomic E-state index is -0.0728. The van der Waals surface area contributed by atoms with Crippen LogP contribution in [0.1, 0.15) is 36.0 Å². The van der Waals surface area contributed by atoms with E-state index in [2.05, 4.69) is 22.0 Å². The minimum absolute atomic E-state index is 0.0728. The van der Waals surface area contributed by atoms with Gasteiger partial charge in [-0.05, 0) is 31.2 Å². The van der Waals surface area contributed by atoms with Gasteiger partial charge in [-0.3, -0.25) is 4.79 Å². The van der Waals surface area contributed by atoms with Crippen LogP contribution in [-0.4, -0.2) is 28.4 Å². The van der Waals surface area contributed by atoms with E-state index in [4.69, 9.17) is 5.84 Å². The molecule has 19 heavy (non-hydrogen) atoms. The van der Waals surface area contributed by atoms with E-state index >= 15 is 0 Å². The van der Waals surface area contributed by atoms with Crippen LogP contribution in [0.5, 0.6) is 0 Å². The Labute approximate surface area is 117 Å². The smallest absolute Gasteiger partial charge is 0.252 e. The highest BCUT2D eigenvalue weighted by molar-refractivity contribution is 8.00. The maximum atomic E-state index is 12.0. The predicted molar refractivity (Wildman–Crippen MR) is 79.1 cm³/mol. The Morgan fingerprint density at radius 1 is 1.47 bits per heavy atom. The zero-order valence-corrected chi connectivity index (χ0v) is 11.9. The van der Waals surface area contributed by atoms with Gasteiger partial charge in [0, 0.05) is 17.5 Å². The molecule has 1 aliphatic rings. The van der Waals surface area contributed by atoms with Crippen molar-refractivity contribution >= 4 is 23.5 Å². The molecule has 4 N–H and O–H groups in total. The Morgan fingerprint density at radius 3 is 2.74 bits per heavy atom. The molecule has 5 nitrogen and oxygen atoms in total. The minimum Gasteiger partial charge on any atom is -0.351 e. The molecular formula is C13H20N4OS. The summed E-state index contributed by atoms with van der Waals surface area (Å²) < 4.78 is 0.224. The zero-order valence-electron chi connectivity index (χ0n) is 11.1. The molecule has 1 heterocycles. The molecule has 1 fully saturated rings. The first-order valence-electron chi connectivity index (χ1n) is 6.45. The summed E-state index contributed by atoms with van der Waals surface area (Å²) in [5.41, 5.74) is 3.00. The fraction of sp³-hybridized carbons (Fsp3) is 0.538. The number of hydrogen-bond acceptors (Lipinski definition) is 5. The third kappa shape index (κ3) is 3.39. The molecule has 0 aromatic carbocycles. The number of pyridine rings is 1. The van der Waals surface area contributed by atoms with Crippen LogP contribution >= 0.6 is 11.8 Å². The number of amides is 1. The van der Waals surface area contributed by atoms with Gasteiger partial charge in [0.15, 0.2) is 0 Å². The molecule has 6 heteroatoms. The molecule has 1 saturated carbocycles. The molecule has 0 bridgehead atoms. The van der Waals surface area contributed by atoms with Gasteiger partial charge in [0.1, 0.15) is 5.82 Å². The highest BCUT2D eigenvalue weighted by Crippen LogP contribution is 2.39. The van der Waals surface area contributed by atoms with Crippen LogP contribution in [0.25, 0.3) is 0 Å². The first-order valence-corrected chi connectivity index (χ1v) is 7.68. The van der Waals surface area contributed by atoms with Crippen molar-refractivity contribution in [3.05, 3.63) is 23.9 Å². The molecule has 1 aromatic heterocycles. The normalized spacial score (nSPS) is 17.2. The summed E-state index contributed by atoms with van der Waals surface area (Å²) in [6, 6.07) is 3.41. The van der Waals surface area contributed by atoms with Crippen LogP contribution in [0, 0.1) is 0 Å². The van der Waals surface area contributed by atoms with Crippen LogP contribution in [0.15, 0.2) is 18.3 Å². The van der Waals surface area contributed by atoms with E-state index in [1.807, 2.05) is 11.8 Å². The quantitative estimate of drug-likeness (QED) is 0.566. The third-order valence-corrected chi connectivity index (χ3v) is 5.11. The molecule has 104 valence electrons. The van der Waals surface area contributed by atoms with Crippen LogP contribution in [0.4, 0.5) is 5.82 Å². The predicted octanol–water partition coefficient (Wildman–Crippen LogP) is 1.77. The van der Waals surface area contributed by atoms with E-state index in [-0.39, 0.29) is 10.7 Å². The van der Waals surface area contributed by atoms with Crippen LogP contribution in [0.2, 0.25) is 0 Å². The Morgan fingerprint density at radius 2 is 2.21 bits per heavy atom. The maximum Gasteiger partial charge on any atom is 0.252 e. The van der Waals surface area contributed by atoms with E-state index in [9.17, 15) is 4.79 Å². The van der Waals surface area contributed by atoms with E-state index < -0.39 is 0 Å². The van der Waals surface area contributed by atoms with Crippen molar-refractivity contribution in [2.75, 3.05) is 18.2 Å². The van der Waals surface area contributed by atoms with Gasteiger partial charge < -0.3 is 10.7 Å². The fourth-order valence-electron chi connectivity index (χ4n) is 2.43. The SMILES string of the molecule is CSC1(CNC(=O)c2ccc(NN)nc2)CCCC1. The molecule has 0 radical (unpaired) electrons. The molecule has 0 unspecified atom stereocenters. The van der Waals surface area contributed by atoms with Gasteiger partial charge in [0.2, 0.25) is 0 Å². The topological polar surface area (TPSA) is 80.0 Å². The molecular weight excluding hydrogens is 260 g/mol. The third-order valence-electron chi connectivity index (χ3n) is 3.69. The van der Waals surface area contributed by atoms with Crippen molar-refractivity contribution in [1.29, 1.82) is 0 Å². The van der Waals surface area contributed by atoms with Crippen LogP contribution in [-0.2, 0) is 0 Å². The number of anilines is 1. The second-order valence-corrected chi connectivity index (χ2v) is 6.13. The number of hydrogen-bond donors (Lipinski definition) is 3. The molecule has 1 amide bonds. The second-order valence-electron chi connectivity index (χ2n) is 4.85. The number of thioether (sulfide) groups is 1. The summed E-state index contributed by atoms with van der Waals surface area (Å²) in [5, 5.41) is 3.02. The van der Waals surface area contributed by atoms with Gasteiger partial charge in [-0.2, -0.15) is 11.8 Å². The van der Waals surface area contributed by atoms with Gasteiger partial charge in [-0.1, -0.05) is 12.8 Å². The van der Waals surface area contributed by atoms with E-state index in [1.54, 1.807) is 12.1 Å². The molecule has 1 aromatic rings. The lowest BCUT2D eigenvalue weighted by Crippen LogP contribution is -2.38. The summed E-state index contributed by atoms with van der Waals surface area (Å²) in [4.78, 5) is 16.1. The van der Waals surface area contributed by atoms with Crippen molar-refractivity contribution in [1.82, 2.24) is 10.3 Å². The number of nitrogen functional groups attached to an aromatic ring is 1. The Balaban J connectivity index is 1.93. The molecule has 2 rings (SSSR count). The molecule has 0 spiro atoms. The van der Waals surface area contributed by atoms with Gasteiger partial charge >= 0.3 is 0 Å². The summed E-state index contributed by atoms with van der Waals surface area (Å²) in [5.74, 6) is 5.71. The lowest BCUT2D eigenvalue weighted by Gasteiger charge is -2.26. The summed E-state index contributed by atoms with van der Waals surface area (Å²) in [6.45, 7) is 0.726. The number of aromatic nitrogens is 1. The largest absolute Gasteiger partial charge is 0.351 e. The van der Waals surface area contributed by atoms with Crippen molar-refractivity contribution in [2.45, 2.75) is 30.4 Å². The Bertz CT molecular complexity index is 429. The maximum absolute atomic E-state index is 12.0. The number of hydrazine groups is 1. The number of nitrogens with two attached hydrogens (primary N) is 1. The van der Waals surface area contributed by atoms with Crippen molar-refractivity contribution in [3.8, 4) is 0 Å². The molecule has 0 atom stereocenters. The highest BCUT2D eigenvalue weighted by atomic mass is 32.2. The number of nitrogens with zero attached hydrogens (tertiary/aromatic N) is 1. The Kier molecular flexibility index (Phi) is 4.66. The van der Waals surface area contributed by atoms with Crippen molar-refractivity contribution in [2.24, 2.45) is 5.84 Å². The van der Waals surface area contributed by atoms with Gasteiger partial charge in [-0.15, -0.1) is 0 Å². The average molecular weight is 280 g/mol. The average Bonchev–Trinajstić information content (AvgIpc) is 2.94. The van der Waals surface area contributed by atoms with Crippen LogP contribution < -0.4 is 16.6 Å². The summed E-state index contributed by atoms with van der Waals surface area (Å²) in [7, 11) is 0. The van der Waals surface area contributed by atoms with Gasteiger partial charge in [0.05, 0.1) is 5.56 Å². The van der Waals surface area contributed by atoms with Crippen molar-refractivity contribution in [3.63, 3.8) is 0 Å². The first-order chi connectivity index (χ1) is 9.19. The van der Waals surface area contributed by atoms with Gasteiger partial charge in [0.25, 0.3) is 5.91 Å². The molecule has 0 saturated heterocycles. The lowest BCUT2D eigenvalue weighted by atomic mass is 10.1. The monoisotopic (exact) mass is 280 g/mol. The first kappa shape index (κ1) is 14.1. The Hall–Kier alpha value is -1.27. The number of carbonyl (C=O) groups is 1. The summed E-state index contributed by atoms with van der Waals surface area (Å²) >= 11 is 1.87. The van der Waals surface area contributed by atoms with Crippen molar-refractivity contribution < 1.29 is 4.79 Å². The van der Waals surface area contributed by atoms with E-state index in [1.165, 1.54) is 31.9 Å². The summed E-state index contributed by atoms with van der Waals surface area (Å²) in [6.07, 6.45) is 8.54. The van der Waals surface area contributed by atoms with E-state index in [0.717, 1.165) is 6.54 Å². The second kappa shape index (κ2) is 6.25. The van der Waals surface area contributed by atoms with Crippen LogP contribution in [0.3, 0.4) is 0 Å². The van der Waals surface area contributed by atoms with E-state index in [0.29, 0.717) is 11.4 Å². The number of nitrogens with one attached hydrogen (secondary N) is 2.